The van der Waals surface area contributed by atoms with E-state index in [9.17, 15) is 5.11 Å². The summed E-state index contributed by atoms with van der Waals surface area (Å²) in [6, 6.07) is 39.9. The number of rotatable bonds is 13. The smallest absolute Gasteiger partial charge is 0.135 e. The van der Waals surface area contributed by atoms with Crippen molar-refractivity contribution in [2.24, 2.45) is 0 Å². The molecule has 40 heavy (non-hydrogen) atoms. The Labute approximate surface area is 236 Å². The first-order valence-electron chi connectivity index (χ1n) is 13.7. The highest BCUT2D eigenvalue weighted by Gasteiger charge is 2.48. The maximum atomic E-state index is 12.0. The van der Waals surface area contributed by atoms with Gasteiger partial charge in [0.1, 0.15) is 23.9 Å². The van der Waals surface area contributed by atoms with E-state index in [0.717, 1.165) is 22.3 Å². The summed E-state index contributed by atoms with van der Waals surface area (Å²) in [5.74, 6) is 0. The Kier molecular flexibility index (Phi) is 9.91. The van der Waals surface area contributed by atoms with E-state index in [1.54, 1.807) is 6.08 Å². The fourth-order valence-corrected chi connectivity index (χ4v) is 4.82. The van der Waals surface area contributed by atoms with Crippen LogP contribution in [0.5, 0.6) is 0 Å². The van der Waals surface area contributed by atoms with Crippen LogP contribution in [0, 0.1) is 0 Å². The third-order valence-electron chi connectivity index (χ3n) is 6.98. The van der Waals surface area contributed by atoms with Crippen molar-refractivity contribution in [3.8, 4) is 0 Å². The molecule has 5 heteroatoms. The van der Waals surface area contributed by atoms with Crippen LogP contribution < -0.4 is 0 Å². The molecule has 0 fully saturated rings. The van der Waals surface area contributed by atoms with E-state index in [2.05, 4.69) is 0 Å². The number of aliphatic hydroxyl groups is 1. The summed E-state index contributed by atoms with van der Waals surface area (Å²) in [7, 11) is 0. The van der Waals surface area contributed by atoms with Crippen LogP contribution in [0.1, 0.15) is 22.3 Å². The molecule has 5 nitrogen and oxygen atoms in total. The van der Waals surface area contributed by atoms with E-state index in [-0.39, 0.29) is 6.61 Å². The van der Waals surface area contributed by atoms with Crippen molar-refractivity contribution in [3.05, 3.63) is 156 Å². The number of ether oxygens (including phenoxy) is 4. The standard InChI is InChI=1S/C35H36O5/c36-35(27-37-23-28-13-5-1-6-14-28)22-21-32(38-24-29-15-7-2-8-16-29)33(39-25-30-17-9-3-10-18-30)34(35)40-26-31-19-11-4-12-20-31/h1-22,32-34,36H,23-27H2/t32-,33+,34+,35+/m0/s1. The second-order valence-corrected chi connectivity index (χ2v) is 10.1. The molecule has 0 bridgehead atoms. The maximum Gasteiger partial charge on any atom is 0.135 e. The van der Waals surface area contributed by atoms with Gasteiger partial charge in [0.05, 0.1) is 33.0 Å². The zero-order chi connectivity index (χ0) is 27.5. The average molecular weight is 537 g/mol. The van der Waals surface area contributed by atoms with Crippen LogP contribution in [0.3, 0.4) is 0 Å². The minimum Gasteiger partial charge on any atom is -0.381 e. The molecule has 0 radical (unpaired) electrons. The molecular formula is C35H36O5. The zero-order valence-electron chi connectivity index (χ0n) is 22.5. The van der Waals surface area contributed by atoms with E-state index in [1.807, 2.05) is 127 Å². The van der Waals surface area contributed by atoms with Crippen molar-refractivity contribution in [3.63, 3.8) is 0 Å². The summed E-state index contributed by atoms with van der Waals surface area (Å²) in [4.78, 5) is 0. The molecule has 0 aromatic heterocycles. The molecule has 4 aromatic rings. The minimum absolute atomic E-state index is 0.0501. The molecule has 0 spiro atoms. The lowest BCUT2D eigenvalue weighted by atomic mass is 9.84. The lowest BCUT2D eigenvalue weighted by Crippen LogP contribution is -2.59. The molecule has 1 aliphatic carbocycles. The van der Waals surface area contributed by atoms with Crippen molar-refractivity contribution in [1.82, 2.24) is 0 Å². The first-order valence-corrected chi connectivity index (χ1v) is 13.7. The summed E-state index contributed by atoms with van der Waals surface area (Å²) >= 11 is 0. The van der Waals surface area contributed by atoms with Gasteiger partial charge in [-0.05, 0) is 28.3 Å². The molecule has 0 unspecified atom stereocenters. The predicted molar refractivity (Wildman–Crippen MR) is 155 cm³/mol. The average Bonchev–Trinajstić information content (AvgIpc) is 3.01. The Bertz CT molecular complexity index is 1300. The van der Waals surface area contributed by atoms with E-state index >= 15 is 0 Å². The first-order chi connectivity index (χ1) is 19.7. The number of hydrogen-bond donors (Lipinski definition) is 1. The highest BCUT2D eigenvalue weighted by atomic mass is 16.6. The van der Waals surface area contributed by atoms with Gasteiger partial charge in [0.25, 0.3) is 0 Å². The van der Waals surface area contributed by atoms with E-state index in [4.69, 9.17) is 18.9 Å². The second kappa shape index (κ2) is 14.2. The molecule has 5 rings (SSSR count). The van der Waals surface area contributed by atoms with Crippen molar-refractivity contribution in [2.75, 3.05) is 6.61 Å². The zero-order valence-corrected chi connectivity index (χ0v) is 22.5. The van der Waals surface area contributed by atoms with Gasteiger partial charge in [-0.25, -0.2) is 0 Å². The predicted octanol–water partition coefficient (Wildman–Crippen LogP) is 6.26. The Morgan fingerprint density at radius 1 is 0.525 bits per heavy atom. The first kappa shape index (κ1) is 28.0. The Hall–Kier alpha value is -3.58. The quantitative estimate of drug-likeness (QED) is 0.204. The molecular weight excluding hydrogens is 500 g/mol. The highest BCUT2D eigenvalue weighted by Crippen LogP contribution is 2.32. The van der Waals surface area contributed by atoms with Gasteiger partial charge in [0, 0.05) is 0 Å². The molecule has 0 amide bonds. The van der Waals surface area contributed by atoms with Gasteiger partial charge in [0.2, 0.25) is 0 Å². The number of hydrogen-bond acceptors (Lipinski definition) is 5. The topological polar surface area (TPSA) is 57.2 Å². The molecule has 1 N–H and O–H groups in total. The molecule has 0 saturated carbocycles. The molecule has 4 aromatic carbocycles. The van der Waals surface area contributed by atoms with Crippen molar-refractivity contribution in [1.29, 1.82) is 0 Å². The Morgan fingerprint density at radius 3 is 1.45 bits per heavy atom. The fraction of sp³-hybridized carbons (Fsp3) is 0.257. The molecule has 1 aliphatic rings. The largest absolute Gasteiger partial charge is 0.381 e. The van der Waals surface area contributed by atoms with Crippen LogP contribution in [0.2, 0.25) is 0 Å². The molecule has 0 heterocycles. The third kappa shape index (κ3) is 7.75. The molecule has 206 valence electrons. The van der Waals surface area contributed by atoms with Gasteiger partial charge in [-0.1, -0.05) is 127 Å². The SMILES string of the molecule is O[C@@]1(COCc2ccccc2)C=C[C@H](OCc2ccccc2)[C@@H](OCc2ccccc2)[C@H]1OCc1ccccc1. The van der Waals surface area contributed by atoms with Gasteiger partial charge < -0.3 is 24.1 Å². The van der Waals surface area contributed by atoms with Crippen LogP contribution in [0.25, 0.3) is 0 Å². The third-order valence-corrected chi connectivity index (χ3v) is 6.98. The van der Waals surface area contributed by atoms with Gasteiger partial charge in [-0.3, -0.25) is 0 Å². The summed E-state index contributed by atoms with van der Waals surface area (Å²) in [5, 5.41) is 12.0. The van der Waals surface area contributed by atoms with Gasteiger partial charge >= 0.3 is 0 Å². The normalized spacial score (nSPS) is 22.3. The van der Waals surface area contributed by atoms with Crippen LogP contribution >= 0.6 is 0 Å². The van der Waals surface area contributed by atoms with Crippen LogP contribution in [-0.4, -0.2) is 35.6 Å². The van der Waals surface area contributed by atoms with Crippen LogP contribution in [0.4, 0.5) is 0 Å². The Balaban J connectivity index is 1.38. The van der Waals surface area contributed by atoms with E-state index < -0.39 is 23.9 Å². The molecule has 0 aliphatic heterocycles. The molecule has 4 atom stereocenters. The van der Waals surface area contributed by atoms with Gasteiger partial charge in [-0.15, -0.1) is 0 Å². The summed E-state index contributed by atoms with van der Waals surface area (Å²) in [6.07, 6.45) is 1.89. The number of benzene rings is 4. The van der Waals surface area contributed by atoms with Crippen molar-refractivity contribution >= 4 is 0 Å². The summed E-state index contributed by atoms with van der Waals surface area (Å²) in [5.41, 5.74) is 2.72. The summed E-state index contributed by atoms with van der Waals surface area (Å²) in [6.45, 7) is 1.52. The van der Waals surface area contributed by atoms with Crippen LogP contribution in [-0.2, 0) is 45.4 Å². The van der Waals surface area contributed by atoms with E-state index in [0.29, 0.717) is 26.4 Å². The monoisotopic (exact) mass is 536 g/mol. The highest BCUT2D eigenvalue weighted by molar-refractivity contribution is 5.21. The van der Waals surface area contributed by atoms with E-state index in [1.165, 1.54) is 0 Å². The maximum absolute atomic E-state index is 12.0. The lowest BCUT2D eigenvalue weighted by Gasteiger charge is -2.43. The fourth-order valence-electron chi connectivity index (χ4n) is 4.82. The van der Waals surface area contributed by atoms with Crippen LogP contribution in [0.15, 0.2) is 133 Å². The van der Waals surface area contributed by atoms with Gasteiger partial charge in [0.15, 0.2) is 0 Å². The Morgan fingerprint density at radius 2 is 0.950 bits per heavy atom. The van der Waals surface area contributed by atoms with Crippen molar-refractivity contribution < 1.29 is 24.1 Å². The minimum atomic E-state index is -1.42. The molecule has 0 saturated heterocycles. The van der Waals surface area contributed by atoms with Gasteiger partial charge in [-0.2, -0.15) is 0 Å². The summed E-state index contributed by atoms with van der Waals surface area (Å²) < 4.78 is 25.4. The van der Waals surface area contributed by atoms with Crippen molar-refractivity contribution in [2.45, 2.75) is 50.3 Å². The second-order valence-electron chi connectivity index (χ2n) is 10.1. The lowest BCUT2D eigenvalue weighted by molar-refractivity contribution is -0.209.